The second kappa shape index (κ2) is 23.1. The Hall–Kier alpha value is -6.98. The van der Waals surface area contributed by atoms with Gasteiger partial charge in [-0.15, -0.1) is 5.10 Å². The number of nitrogens with zero attached hydrogens (tertiary/aromatic N) is 5. The van der Waals surface area contributed by atoms with Gasteiger partial charge in [-0.05, 0) is 18.6 Å². The first-order valence-corrected chi connectivity index (χ1v) is 18.6. The van der Waals surface area contributed by atoms with E-state index in [0.717, 1.165) is 26.0 Å². The molecule has 62 heavy (non-hydrogen) atoms. The van der Waals surface area contributed by atoms with Crippen molar-refractivity contribution in [1.29, 1.82) is 0 Å². The largest absolute Gasteiger partial charge is 0.477 e. The molecule has 0 saturated carbocycles. The maximum atomic E-state index is 12.9. The van der Waals surface area contributed by atoms with Gasteiger partial charge in [0.15, 0.2) is 36.3 Å². The monoisotopic (exact) mass is 885 g/mol. The van der Waals surface area contributed by atoms with Crippen LogP contribution in [0.1, 0.15) is 26.0 Å². The molecule has 344 valence electrons. The smallest absolute Gasteiger partial charge is 0.407 e. The molecule has 2 aliphatic rings. The molecule has 0 fully saturated rings. The standard InChI is InChI=1S/C33H51N13O16/c1-13(49)40-22-16(42-30(34)35)8-20(28(53)54)59-26(22)24(18(51)11-47)61-32(57)38-5-3-7-46-10-15(44-45-46)4-6-39-33(58)62-25(19(52)12-48)27-23(41-14(2)50)17(43-31(36)37)9-21(60-27)29(55)56/h8-10,16-19,22-27,47-48,51-52H,3-7,11-12H2,1-2H3,(H,38,57)(H,39,58)(H,40,49)(H,41,50)(H,53,54)(H,55,56)(H4,34,35,42)(H4,36,37,43)/t16-,17-,18+,19+,22+,23+,24+,25+,26+,27+/m0/s1. The molecule has 3 heterocycles. The lowest BCUT2D eigenvalue weighted by atomic mass is 9.92. The topological polar surface area (TPSA) is 468 Å². The van der Waals surface area contributed by atoms with Crippen LogP contribution in [-0.2, 0) is 51.1 Å². The number of amides is 4. The van der Waals surface area contributed by atoms with Gasteiger partial charge in [0.25, 0.3) is 0 Å². The number of aliphatic hydroxyl groups excluding tert-OH is 4. The number of aliphatic imine (C=N–C) groups is 2. The predicted molar refractivity (Wildman–Crippen MR) is 207 cm³/mol. The SMILES string of the molecule is CC(=O)N[C@H]1[C@H]([C@H](OC(=O)NCCCn2cc(CCNC(=O)O[C@@H]([C@@H]3OC(C(=O)O)=C[C@H](N=C(N)N)[C@H]3NC(C)=O)[C@H](O)CO)nn2)[C@H](O)CO)OC(C(=O)O)=C[C@@H]1N=C(N)N. The molecule has 1 aromatic heterocycles. The van der Waals surface area contributed by atoms with Crippen molar-refractivity contribution in [3.8, 4) is 0 Å². The zero-order valence-electron chi connectivity index (χ0n) is 33.3. The normalized spacial score (nSPS) is 22.5. The number of hydrogen-bond donors (Lipinski definition) is 14. The summed E-state index contributed by atoms with van der Waals surface area (Å²) in [5.74, 6) is -6.72. The Balaban J connectivity index is 1.58. The van der Waals surface area contributed by atoms with Gasteiger partial charge in [-0.25, -0.2) is 29.2 Å². The van der Waals surface area contributed by atoms with E-state index in [9.17, 15) is 59.4 Å². The first-order chi connectivity index (χ1) is 29.2. The maximum absolute atomic E-state index is 12.9. The van der Waals surface area contributed by atoms with Crippen molar-refractivity contribution in [2.24, 2.45) is 32.9 Å². The lowest BCUT2D eigenvalue weighted by Crippen LogP contribution is -2.61. The van der Waals surface area contributed by atoms with Crippen LogP contribution in [0.15, 0.2) is 39.9 Å². The second-order valence-electron chi connectivity index (χ2n) is 13.5. The van der Waals surface area contributed by atoms with E-state index >= 15 is 0 Å². The van der Waals surface area contributed by atoms with Crippen LogP contribution in [0.5, 0.6) is 0 Å². The number of aliphatic carboxylic acids is 2. The molecular weight excluding hydrogens is 834 g/mol. The number of aliphatic hydroxyl groups is 4. The van der Waals surface area contributed by atoms with Gasteiger partial charge < -0.3 is 93.8 Å². The summed E-state index contributed by atoms with van der Waals surface area (Å²) in [5, 5.41) is 77.6. The number of carboxylic acid groups (broad SMARTS) is 2. The quantitative estimate of drug-likeness (QED) is 0.0310. The van der Waals surface area contributed by atoms with Gasteiger partial charge >= 0.3 is 24.1 Å². The molecule has 29 heteroatoms. The number of carbonyl (C=O) groups is 6. The number of aromatic nitrogens is 3. The third kappa shape index (κ3) is 14.6. The molecule has 0 radical (unpaired) electrons. The summed E-state index contributed by atoms with van der Waals surface area (Å²) in [4.78, 5) is 81.2. The number of carbonyl (C=O) groups excluding carboxylic acids is 4. The van der Waals surface area contributed by atoms with Crippen molar-refractivity contribution in [2.45, 2.75) is 94.0 Å². The van der Waals surface area contributed by atoms with E-state index in [4.69, 9.17) is 41.9 Å². The zero-order valence-corrected chi connectivity index (χ0v) is 33.3. The highest BCUT2D eigenvalue weighted by Gasteiger charge is 2.48. The third-order valence-corrected chi connectivity index (χ3v) is 8.71. The van der Waals surface area contributed by atoms with Crippen molar-refractivity contribution in [3.05, 3.63) is 35.6 Å². The number of rotatable bonds is 21. The van der Waals surface area contributed by atoms with E-state index < -0.39 is 133 Å². The lowest BCUT2D eigenvalue weighted by Gasteiger charge is -2.39. The van der Waals surface area contributed by atoms with Crippen LogP contribution in [0.25, 0.3) is 0 Å². The van der Waals surface area contributed by atoms with Gasteiger partial charge in [0.2, 0.25) is 23.3 Å². The van der Waals surface area contributed by atoms with Crippen LogP contribution < -0.4 is 44.2 Å². The van der Waals surface area contributed by atoms with Crippen molar-refractivity contribution in [1.82, 2.24) is 36.3 Å². The molecule has 0 spiro atoms. The van der Waals surface area contributed by atoms with Crippen LogP contribution in [0.4, 0.5) is 9.59 Å². The van der Waals surface area contributed by atoms with E-state index in [0.29, 0.717) is 5.69 Å². The molecule has 0 aromatic carbocycles. The van der Waals surface area contributed by atoms with Crippen molar-refractivity contribution >= 4 is 47.9 Å². The molecule has 4 amide bonds. The minimum absolute atomic E-state index is 0.0360. The molecule has 0 aliphatic carbocycles. The highest BCUT2D eigenvalue weighted by Crippen LogP contribution is 2.28. The Morgan fingerprint density at radius 3 is 1.60 bits per heavy atom. The van der Waals surface area contributed by atoms with Gasteiger partial charge in [0.1, 0.15) is 12.2 Å². The Labute approximate surface area is 351 Å². The van der Waals surface area contributed by atoms with Crippen molar-refractivity contribution in [3.63, 3.8) is 0 Å². The molecule has 0 saturated heterocycles. The van der Waals surface area contributed by atoms with Crippen LogP contribution in [-0.4, -0.2) is 181 Å². The second-order valence-corrected chi connectivity index (χ2v) is 13.5. The van der Waals surface area contributed by atoms with E-state index in [-0.39, 0.29) is 32.5 Å². The van der Waals surface area contributed by atoms with Gasteiger partial charge in [0.05, 0.1) is 43.1 Å². The summed E-state index contributed by atoms with van der Waals surface area (Å²) < 4.78 is 23.1. The number of aryl methyl sites for hydroxylation is 1. The van der Waals surface area contributed by atoms with E-state index in [1.807, 2.05) is 0 Å². The molecule has 10 atom stereocenters. The Kier molecular flexibility index (Phi) is 18.4. The first kappa shape index (κ1) is 49.4. The van der Waals surface area contributed by atoms with Gasteiger partial charge in [-0.2, -0.15) is 0 Å². The molecule has 0 bridgehead atoms. The number of guanidine groups is 2. The molecule has 29 nitrogen and oxygen atoms in total. The summed E-state index contributed by atoms with van der Waals surface area (Å²) in [6.07, 6.45) is -8.75. The summed E-state index contributed by atoms with van der Waals surface area (Å²) in [5.41, 5.74) is 22.3. The predicted octanol–water partition coefficient (Wildman–Crippen LogP) is -6.87. The van der Waals surface area contributed by atoms with Crippen LogP contribution in [0, 0.1) is 0 Å². The lowest BCUT2D eigenvalue weighted by molar-refractivity contribution is -0.147. The fourth-order valence-corrected chi connectivity index (χ4v) is 6.15. The van der Waals surface area contributed by atoms with E-state index in [2.05, 4.69) is 41.6 Å². The summed E-state index contributed by atoms with van der Waals surface area (Å²) in [6.45, 7) is 0.385. The Bertz CT molecular complexity index is 1880. The fourth-order valence-electron chi connectivity index (χ4n) is 6.15. The third-order valence-electron chi connectivity index (χ3n) is 8.71. The van der Waals surface area contributed by atoms with Gasteiger partial charge in [-0.1, -0.05) is 5.21 Å². The van der Waals surface area contributed by atoms with E-state index in [1.165, 1.54) is 10.9 Å². The number of hydrogen-bond acceptors (Lipinski definition) is 18. The van der Waals surface area contributed by atoms with Crippen LogP contribution in [0.3, 0.4) is 0 Å². The van der Waals surface area contributed by atoms with Gasteiger partial charge in [0, 0.05) is 46.1 Å². The number of alkyl carbamates (subject to hydrolysis) is 2. The minimum Gasteiger partial charge on any atom is -0.477 e. The Morgan fingerprint density at radius 1 is 0.774 bits per heavy atom. The molecule has 1 aromatic rings. The molecule has 2 aliphatic heterocycles. The van der Waals surface area contributed by atoms with Gasteiger partial charge in [-0.3, -0.25) is 14.3 Å². The molecule has 0 unspecified atom stereocenters. The summed E-state index contributed by atoms with van der Waals surface area (Å²) in [6, 6.07) is -5.03. The summed E-state index contributed by atoms with van der Waals surface area (Å²) >= 11 is 0. The fraction of sp³-hybridized carbons (Fsp3) is 0.576. The van der Waals surface area contributed by atoms with Crippen molar-refractivity contribution in [2.75, 3.05) is 26.3 Å². The molecule has 18 N–H and O–H groups in total. The average molecular weight is 886 g/mol. The van der Waals surface area contributed by atoms with Crippen LogP contribution >= 0.6 is 0 Å². The highest BCUT2D eigenvalue weighted by atomic mass is 16.6. The number of nitrogens with one attached hydrogen (secondary N) is 4. The molecular formula is C33H51N13O16. The summed E-state index contributed by atoms with van der Waals surface area (Å²) in [7, 11) is 0. The number of carboxylic acids is 2. The van der Waals surface area contributed by atoms with Crippen molar-refractivity contribution < 1.29 is 78.4 Å². The Morgan fingerprint density at radius 2 is 1.21 bits per heavy atom. The number of ether oxygens (including phenoxy) is 4. The minimum atomic E-state index is -1.83. The average Bonchev–Trinajstić information content (AvgIpc) is 3.64. The number of nitrogens with two attached hydrogens (primary N) is 4. The maximum Gasteiger partial charge on any atom is 0.407 e. The zero-order chi connectivity index (χ0) is 46.3. The highest BCUT2D eigenvalue weighted by molar-refractivity contribution is 5.86. The first-order valence-electron chi connectivity index (χ1n) is 18.6. The van der Waals surface area contributed by atoms with Crippen LogP contribution in [0.2, 0.25) is 0 Å². The molecule has 3 rings (SSSR count). The van der Waals surface area contributed by atoms with E-state index in [1.54, 1.807) is 0 Å².